The minimum atomic E-state index is -3.72. The van der Waals surface area contributed by atoms with Crippen molar-refractivity contribution in [3.05, 3.63) is 23.8 Å². The molecular weight excluding hydrogens is 336 g/mol. The first-order chi connectivity index (χ1) is 10.4. The Bertz CT molecular complexity index is 793. The lowest BCUT2D eigenvalue weighted by atomic mass is 10.1. The molecule has 23 heavy (non-hydrogen) atoms. The van der Waals surface area contributed by atoms with Gasteiger partial charge in [0.2, 0.25) is 20.0 Å². The molecule has 1 saturated heterocycles. The van der Waals surface area contributed by atoms with E-state index in [0.717, 1.165) is 6.42 Å². The fourth-order valence-electron chi connectivity index (χ4n) is 2.57. The summed E-state index contributed by atoms with van der Waals surface area (Å²) in [6.07, 6.45) is 1.41. The predicted molar refractivity (Wildman–Crippen MR) is 91.6 cm³/mol. The van der Waals surface area contributed by atoms with Gasteiger partial charge in [-0.3, -0.25) is 4.31 Å². The molecule has 0 aliphatic carbocycles. The van der Waals surface area contributed by atoms with Crippen molar-refractivity contribution in [2.24, 2.45) is 0 Å². The molecule has 1 fully saturated rings. The van der Waals surface area contributed by atoms with Crippen molar-refractivity contribution in [1.82, 2.24) is 4.72 Å². The lowest BCUT2D eigenvalue weighted by molar-refractivity contribution is 0.491. The average Bonchev–Trinajstić information content (AvgIpc) is 2.36. The summed E-state index contributed by atoms with van der Waals surface area (Å²) in [5, 5.41) is 0. The van der Waals surface area contributed by atoms with Crippen LogP contribution in [-0.2, 0) is 20.0 Å². The Labute approximate surface area is 139 Å². The predicted octanol–water partition coefficient (Wildman–Crippen LogP) is 2.00. The van der Waals surface area contributed by atoms with E-state index < -0.39 is 25.6 Å². The van der Waals surface area contributed by atoms with Crippen LogP contribution in [0.3, 0.4) is 0 Å². The van der Waals surface area contributed by atoms with Crippen LogP contribution in [0.4, 0.5) is 5.69 Å². The van der Waals surface area contributed by atoms with Gasteiger partial charge in [0.15, 0.2) is 0 Å². The molecule has 0 saturated carbocycles. The van der Waals surface area contributed by atoms with Crippen LogP contribution in [0.15, 0.2) is 23.1 Å². The highest BCUT2D eigenvalue weighted by Gasteiger charge is 2.29. The highest BCUT2D eigenvalue weighted by atomic mass is 32.2. The third-order valence-corrected chi connectivity index (χ3v) is 7.31. The van der Waals surface area contributed by atoms with Gasteiger partial charge in [-0.15, -0.1) is 0 Å². The molecule has 0 unspecified atom stereocenters. The number of hydrogen-bond acceptors (Lipinski definition) is 4. The molecule has 6 nitrogen and oxygen atoms in total. The van der Waals surface area contributed by atoms with E-state index in [9.17, 15) is 16.8 Å². The van der Waals surface area contributed by atoms with Crippen molar-refractivity contribution < 1.29 is 16.8 Å². The summed E-state index contributed by atoms with van der Waals surface area (Å²) < 4.78 is 53.5. The molecular formula is C15H24N2O4S2. The van der Waals surface area contributed by atoms with Crippen LogP contribution in [-0.4, -0.2) is 34.7 Å². The van der Waals surface area contributed by atoms with E-state index >= 15 is 0 Å². The Morgan fingerprint density at radius 3 is 2.39 bits per heavy atom. The number of benzene rings is 1. The van der Waals surface area contributed by atoms with Gasteiger partial charge in [-0.25, -0.2) is 21.6 Å². The zero-order chi connectivity index (χ0) is 17.5. The van der Waals surface area contributed by atoms with Crippen molar-refractivity contribution in [3.63, 3.8) is 0 Å². The van der Waals surface area contributed by atoms with Gasteiger partial charge in [0, 0.05) is 12.1 Å². The molecule has 2 rings (SSSR count). The molecule has 0 aromatic heterocycles. The van der Waals surface area contributed by atoms with Crippen LogP contribution < -0.4 is 9.03 Å². The smallest absolute Gasteiger partial charge is 0.241 e. The van der Waals surface area contributed by atoms with Crippen LogP contribution >= 0.6 is 0 Å². The number of anilines is 1. The van der Waals surface area contributed by atoms with Gasteiger partial charge in [-0.1, -0.05) is 6.07 Å². The fourth-order valence-corrected chi connectivity index (χ4v) is 5.89. The Morgan fingerprint density at radius 2 is 1.83 bits per heavy atom. The molecule has 0 spiro atoms. The lowest BCUT2D eigenvalue weighted by Gasteiger charge is -2.29. The molecule has 130 valence electrons. The first kappa shape index (κ1) is 18.2. The maximum Gasteiger partial charge on any atom is 0.241 e. The quantitative estimate of drug-likeness (QED) is 0.894. The summed E-state index contributed by atoms with van der Waals surface area (Å²) in [5.74, 6) is 0.100. The first-order valence-corrected chi connectivity index (χ1v) is 10.7. The number of rotatable bonds is 3. The highest BCUT2D eigenvalue weighted by molar-refractivity contribution is 7.92. The molecule has 1 aliphatic heterocycles. The molecule has 0 radical (unpaired) electrons. The summed E-state index contributed by atoms with van der Waals surface area (Å²) in [6, 6.07) is 4.76. The summed E-state index contributed by atoms with van der Waals surface area (Å²) in [6.45, 7) is 7.37. The van der Waals surface area contributed by atoms with Crippen LogP contribution in [0.2, 0.25) is 0 Å². The molecule has 1 aliphatic rings. The second-order valence-electron chi connectivity index (χ2n) is 6.90. The second-order valence-corrected chi connectivity index (χ2v) is 10.6. The topological polar surface area (TPSA) is 83.6 Å². The summed E-state index contributed by atoms with van der Waals surface area (Å²) in [5.41, 5.74) is 0.378. The van der Waals surface area contributed by atoms with E-state index in [0.29, 0.717) is 24.2 Å². The van der Waals surface area contributed by atoms with E-state index in [1.165, 1.54) is 10.4 Å². The van der Waals surface area contributed by atoms with Gasteiger partial charge < -0.3 is 0 Å². The van der Waals surface area contributed by atoms with Crippen molar-refractivity contribution in [3.8, 4) is 0 Å². The maximum absolute atomic E-state index is 12.6. The monoisotopic (exact) mass is 360 g/mol. The molecule has 8 heteroatoms. The zero-order valence-electron chi connectivity index (χ0n) is 14.0. The molecule has 1 N–H and O–H groups in total. The van der Waals surface area contributed by atoms with Gasteiger partial charge in [-0.05, 0) is 58.2 Å². The zero-order valence-corrected chi connectivity index (χ0v) is 15.6. The molecule has 0 atom stereocenters. The minimum Gasteiger partial charge on any atom is -0.270 e. The molecule has 1 aromatic rings. The summed E-state index contributed by atoms with van der Waals surface area (Å²) in [4.78, 5) is 0.116. The molecule has 0 bridgehead atoms. The first-order valence-electron chi connectivity index (χ1n) is 7.57. The third-order valence-electron chi connectivity index (χ3n) is 3.54. The normalized spacial score (nSPS) is 18.9. The number of hydrogen-bond donors (Lipinski definition) is 1. The van der Waals surface area contributed by atoms with Crippen molar-refractivity contribution >= 4 is 25.7 Å². The largest absolute Gasteiger partial charge is 0.270 e. The van der Waals surface area contributed by atoms with E-state index in [4.69, 9.17) is 0 Å². The van der Waals surface area contributed by atoms with Crippen molar-refractivity contribution in [1.29, 1.82) is 0 Å². The van der Waals surface area contributed by atoms with E-state index in [1.54, 1.807) is 39.8 Å². The van der Waals surface area contributed by atoms with Gasteiger partial charge in [0.25, 0.3) is 0 Å². The Morgan fingerprint density at radius 1 is 1.17 bits per heavy atom. The summed E-state index contributed by atoms with van der Waals surface area (Å²) in [7, 11) is -7.09. The van der Waals surface area contributed by atoms with E-state index in [-0.39, 0.29) is 10.6 Å². The Hall–Kier alpha value is -1.12. The highest BCUT2D eigenvalue weighted by Crippen LogP contribution is 2.28. The summed E-state index contributed by atoms with van der Waals surface area (Å²) >= 11 is 0. The number of nitrogens with zero attached hydrogens (tertiary/aromatic N) is 1. The van der Waals surface area contributed by atoms with Crippen LogP contribution in [0.1, 0.15) is 39.2 Å². The number of sulfonamides is 2. The van der Waals surface area contributed by atoms with Crippen molar-refractivity contribution in [2.75, 3.05) is 16.6 Å². The van der Waals surface area contributed by atoms with E-state index in [1.807, 2.05) is 0 Å². The molecule has 0 amide bonds. The maximum atomic E-state index is 12.6. The minimum absolute atomic E-state index is 0.100. The van der Waals surface area contributed by atoms with Crippen LogP contribution in [0.25, 0.3) is 0 Å². The average molecular weight is 361 g/mol. The standard InChI is InChI=1S/C15H24N2O4S2/c1-12-7-8-13(17-9-5-6-10-22(17,18)19)11-14(12)23(20,21)16-15(2,3)4/h7-8,11,16H,5-6,9-10H2,1-4H3. The van der Waals surface area contributed by atoms with Crippen LogP contribution in [0, 0.1) is 6.92 Å². The third kappa shape index (κ3) is 4.24. The lowest BCUT2D eigenvalue weighted by Crippen LogP contribution is -2.41. The van der Waals surface area contributed by atoms with E-state index in [2.05, 4.69) is 4.72 Å². The van der Waals surface area contributed by atoms with Gasteiger partial charge >= 0.3 is 0 Å². The van der Waals surface area contributed by atoms with Gasteiger partial charge in [0.1, 0.15) is 0 Å². The molecule has 1 heterocycles. The SMILES string of the molecule is Cc1ccc(N2CCCCS2(=O)=O)cc1S(=O)(=O)NC(C)(C)C. The van der Waals surface area contributed by atoms with Crippen molar-refractivity contribution in [2.45, 2.75) is 51.0 Å². The van der Waals surface area contributed by atoms with Gasteiger partial charge in [-0.2, -0.15) is 0 Å². The second kappa shape index (κ2) is 6.07. The van der Waals surface area contributed by atoms with Gasteiger partial charge in [0.05, 0.1) is 16.3 Å². The Balaban J connectivity index is 2.48. The fraction of sp³-hybridized carbons (Fsp3) is 0.600. The Kier molecular flexibility index (Phi) is 4.81. The van der Waals surface area contributed by atoms with Crippen LogP contribution in [0.5, 0.6) is 0 Å². The molecule has 1 aromatic carbocycles. The number of aryl methyl sites for hydroxylation is 1. The number of nitrogens with one attached hydrogen (secondary N) is 1.